The summed E-state index contributed by atoms with van der Waals surface area (Å²) in [6, 6.07) is 5.63. The number of nitrogens with zero attached hydrogens (tertiary/aromatic N) is 4. The molecule has 2 amide bonds. The Morgan fingerprint density at radius 3 is 2.96 bits per heavy atom. The van der Waals surface area contributed by atoms with Gasteiger partial charge in [-0.1, -0.05) is 0 Å². The quantitative estimate of drug-likeness (QED) is 0.774. The van der Waals surface area contributed by atoms with Gasteiger partial charge in [0.15, 0.2) is 0 Å². The zero-order chi connectivity index (χ0) is 18.5. The molecular formula is C18H22N4O3S. The lowest BCUT2D eigenvalue weighted by Gasteiger charge is -2.23. The van der Waals surface area contributed by atoms with Crippen LogP contribution in [0, 0.1) is 0 Å². The molecule has 2 aromatic rings. The SMILES string of the molecule is COCC(=O)N1CCCC1c1ccc(C(=O)N(C)Cc2ccncn2)s1. The predicted octanol–water partition coefficient (Wildman–Crippen LogP) is 2.12. The molecule has 0 N–H and O–H groups in total. The number of hydrogen-bond acceptors (Lipinski definition) is 6. The van der Waals surface area contributed by atoms with Crippen LogP contribution in [0.5, 0.6) is 0 Å². The molecule has 1 aliphatic heterocycles. The number of rotatable bonds is 6. The van der Waals surface area contributed by atoms with Crippen LogP contribution in [0.1, 0.15) is 39.1 Å². The van der Waals surface area contributed by atoms with Crippen molar-refractivity contribution in [1.82, 2.24) is 19.8 Å². The van der Waals surface area contributed by atoms with Crippen LogP contribution in [0.2, 0.25) is 0 Å². The van der Waals surface area contributed by atoms with Crippen LogP contribution in [0.15, 0.2) is 30.7 Å². The fourth-order valence-electron chi connectivity index (χ4n) is 3.13. The summed E-state index contributed by atoms with van der Waals surface area (Å²) in [5.41, 5.74) is 0.791. The summed E-state index contributed by atoms with van der Waals surface area (Å²) in [4.78, 5) is 38.1. The van der Waals surface area contributed by atoms with Crippen LogP contribution in [-0.4, -0.2) is 58.9 Å². The first-order valence-corrected chi connectivity index (χ1v) is 9.30. The van der Waals surface area contributed by atoms with Gasteiger partial charge < -0.3 is 14.5 Å². The molecule has 7 nitrogen and oxygen atoms in total. The molecule has 0 spiro atoms. The second-order valence-electron chi connectivity index (χ2n) is 6.24. The topological polar surface area (TPSA) is 75.6 Å². The van der Waals surface area contributed by atoms with Gasteiger partial charge in [0.05, 0.1) is 23.2 Å². The summed E-state index contributed by atoms with van der Waals surface area (Å²) in [6.07, 6.45) is 5.02. The Morgan fingerprint density at radius 2 is 2.23 bits per heavy atom. The first-order chi connectivity index (χ1) is 12.6. The van der Waals surface area contributed by atoms with Crippen molar-refractivity contribution in [1.29, 1.82) is 0 Å². The lowest BCUT2D eigenvalue weighted by atomic mass is 10.2. The van der Waals surface area contributed by atoms with Gasteiger partial charge in [0, 0.05) is 31.8 Å². The van der Waals surface area contributed by atoms with Crippen LogP contribution in [0.25, 0.3) is 0 Å². The number of carbonyl (C=O) groups excluding carboxylic acids is 2. The normalized spacial score (nSPS) is 16.7. The van der Waals surface area contributed by atoms with Gasteiger partial charge in [-0.15, -0.1) is 11.3 Å². The lowest BCUT2D eigenvalue weighted by molar-refractivity contribution is -0.136. The van der Waals surface area contributed by atoms with Crippen LogP contribution in [0.4, 0.5) is 0 Å². The maximum atomic E-state index is 12.7. The van der Waals surface area contributed by atoms with Crippen molar-refractivity contribution in [3.05, 3.63) is 46.2 Å². The number of likely N-dealkylation sites (tertiary alicyclic amines) is 1. The van der Waals surface area contributed by atoms with Crippen LogP contribution < -0.4 is 0 Å². The van der Waals surface area contributed by atoms with Crippen LogP contribution in [0.3, 0.4) is 0 Å². The van der Waals surface area contributed by atoms with E-state index in [-0.39, 0.29) is 24.5 Å². The van der Waals surface area contributed by atoms with Gasteiger partial charge in [0.25, 0.3) is 5.91 Å². The van der Waals surface area contributed by atoms with Gasteiger partial charge >= 0.3 is 0 Å². The Balaban J connectivity index is 1.68. The van der Waals surface area contributed by atoms with Gasteiger partial charge in [-0.05, 0) is 31.0 Å². The lowest BCUT2D eigenvalue weighted by Crippen LogP contribution is -2.32. The Labute approximate surface area is 156 Å². The molecule has 138 valence electrons. The fourth-order valence-corrected chi connectivity index (χ4v) is 4.28. The third-order valence-electron chi connectivity index (χ3n) is 4.40. The smallest absolute Gasteiger partial charge is 0.264 e. The van der Waals surface area contributed by atoms with E-state index in [1.165, 1.54) is 24.8 Å². The second-order valence-corrected chi connectivity index (χ2v) is 7.36. The van der Waals surface area contributed by atoms with Gasteiger partial charge in [0.1, 0.15) is 12.9 Å². The third kappa shape index (κ3) is 4.08. The maximum absolute atomic E-state index is 12.7. The highest BCUT2D eigenvalue weighted by atomic mass is 32.1. The summed E-state index contributed by atoms with van der Waals surface area (Å²) in [5, 5.41) is 0. The van der Waals surface area contributed by atoms with Gasteiger partial charge in [0.2, 0.25) is 5.91 Å². The average Bonchev–Trinajstić information content (AvgIpc) is 3.31. The van der Waals surface area contributed by atoms with Crippen molar-refractivity contribution in [2.45, 2.75) is 25.4 Å². The number of carbonyl (C=O) groups is 2. The van der Waals surface area contributed by atoms with E-state index in [2.05, 4.69) is 9.97 Å². The van der Waals surface area contributed by atoms with E-state index in [1.54, 1.807) is 24.2 Å². The molecule has 0 saturated carbocycles. The summed E-state index contributed by atoms with van der Waals surface area (Å²) in [7, 11) is 3.28. The molecule has 1 fully saturated rings. The molecule has 3 rings (SSSR count). The highest BCUT2D eigenvalue weighted by molar-refractivity contribution is 7.14. The Bertz CT molecular complexity index is 765. The fraction of sp³-hybridized carbons (Fsp3) is 0.444. The number of aromatic nitrogens is 2. The van der Waals surface area contributed by atoms with E-state index >= 15 is 0 Å². The summed E-state index contributed by atoms with van der Waals surface area (Å²) in [6.45, 7) is 1.26. The Hall–Kier alpha value is -2.32. The second kappa shape index (κ2) is 8.37. The van der Waals surface area contributed by atoms with E-state index in [0.29, 0.717) is 11.4 Å². The van der Waals surface area contributed by atoms with E-state index in [4.69, 9.17) is 4.74 Å². The summed E-state index contributed by atoms with van der Waals surface area (Å²) >= 11 is 1.46. The van der Waals surface area contributed by atoms with E-state index in [9.17, 15) is 9.59 Å². The highest BCUT2D eigenvalue weighted by Crippen LogP contribution is 2.36. The minimum atomic E-state index is -0.0485. The molecule has 26 heavy (non-hydrogen) atoms. The molecule has 0 aromatic carbocycles. The summed E-state index contributed by atoms with van der Waals surface area (Å²) < 4.78 is 4.97. The molecule has 1 unspecified atom stereocenters. The monoisotopic (exact) mass is 374 g/mol. The zero-order valence-electron chi connectivity index (χ0n) is 14.9. The molecular weight excluding hydrogens is 352 g/mol. The molecule has 0 aliphatic carbocycles. The van der Waals surface area contributed by atoms with Crippen molar-refractivity contribution in [3.8, 4) is 0 Å². The summed E-state index contributed by atoms with van der Waals surface area (Å²) in [5.74, 6) is -0.0511. The van der Waals surface area contributed by atoms with Crippen molar-refractivity contribution in [3.63, 3.8) is 0 Å². The number of hydrogen-bond donors (Lipinski definition) is 0. The molecule has 0 radical (unpaired) electrons. The third-order valence-corrected chi connectivity index (χ3v) is 5.57. The molecule has 0 bridgehead atoms. The molecule has 3 heterocycles. The highest BCUT2D eigenvalue weighted by Gasteiger charge is 2.31. The average molecular weight is 374 g/mol. The van der Waals surface area contributed by atoms with Gasteiger partial charge in [-0.2, -0.15) is 0 Å². The van der Waals surface area contributed by atoms with Crippen LogP contribution >= 0.6 is 11.3 Å². The number of methoxy groups -OCH3 is 1. The van der Waals surface area contributed by atoms with Crippen molar-refractivity contribution in [2.75, 3.05) is 27.3 Å². The van der Waals surface area contributed by atoms with Crippen molar-refractivity contribution >= 4 is 23.2 Å². The standard InChI is InChI=1S/C18H22N4O3S/c1-21(10-13-7-8-19-12-20-13)18(24)16-6-5-15(26-16)14-4-3-9-22(14)17(23)11-25-2/h5-8,12,14H,3-4,9-11H2,1-2H3. The molecule has 1 atom stereocenters. The van der Waals surface area contributed by atoms with Crippen molar-refractivity contribution in [2.24, 2.45) is 0 Å². The molecule has 1 saturated heterocycles. The maximum Gasteiger partial charge on any atom is 0.264 e. The molecule has 8 heteroatoms. The van der Waals surface area contributed by atoms with Gasteiger partial charge in [-0.25, -0.2) is 9.97 Å². The first-order valence-electron chi connectivity index (χ1n) is 8.48. The minimum Gasteiger partial charge on any atom is -0.375 e. The largest absolute Gasteiger partial charge is 0.375 e. The number of thiophene rings is 1. The zero-order valence-corrected chi connectivity index (χ0v) is 15.7. The van der Waals surface area contributed by atoms with Crippen molar-refractivity contribution < 1.29 is 14.3 Å². The van der Waals surface area contributed by atoms with Gasteiger partial charge in [-0.3, -0.25) is 9.59 Å². The number of ether oxygens (including phenoxy) is 1. The Morgan fingerprint density at radius 1 is 1.38 bits per heavy atom. The van der Waals surface area contributed by atoms with Crippen LogP contribution in [-0.2, 0) is 16.1 Å². The minimum absolute atomic E-state index is 0.00263. The van der Waals surface area contributed by atoms with E-state index in [0.717, 1.165) is 30.0 Å². The first kappa shape index (κ1) is 18.5. The number of amides is 2. The molecule has 2 aromatic heterocycles. The Kier molecular flexibility index (Phi) is 5.95. The van der Waals surface area contributed by atoms with E-state index in [1.807, 2.05) is 17.0 Å². The van der Waals surface area contributed by atoms with E-state index < -0.39 is 0 Å². The predicted molar refractivity (Wildman–Crippen MR) is 97.7 cm³/mol. The molecule has 1 aliphatic rings.